The van der Waals surface area contributed by atoms with E-state index in [-0.39, 0.29) is 5.84 Å². The van der Waals surface area contributed by atoms with Gasteiger partial charge in [-0.2, -0.15) is 0 Å². The summed E-state index contributed by atoms with van der Waals surface area (Å²) in [6, 6.07) is 0. The Morgan fingerprint density at radius 2 is 2.07 bits per heavy atom. The minimum Gasteiger partial charge on any atom is -0.409 e. The number of fused-ring (bicyclic) bond motifs is 1. The Morgan fingerprint density at radius 1 is 1.36 bits per heavy atom. The molecule has 0 saturated heterocycles. The highest BCUT2D eigenvalue weighted by atomic mass is 32.1. The van der Waals surface area contributed by atoms with Crippen molar-refractivity contribution in [3.05, 3.63) is 16.0 Å². The van der Waals surface area contributed by atoms with Crippen molar-refractivity contribution in [3.63, 3.8) is 0 Å². The Hall–Kier alpha value is -1.23. The molecule has 0 unspecified atom stereocenters. The summed E-state index contributed by atoms with van der Waals surface area (Å²) >= 11 is 1.57. The van der Waals surface area contributed by atoms with Gasteiger partial charge in [-0.05, 0) is 31.2 Å². The molecule has 5 N–H and O–H groups in total. The summed E-state index contributed by atoms with van der Waals surface area (Å²) in [5.41, 5.74) is 13.4. The lowest BCUT2D eigenvalue weighted by molar-refractivity contribution is 0.318. The standard InChI is InChI=1S/C9H13N3OS/c10-8(12-13)7-5-3-1-2-4-6(5)14-9(7)11/h13H,1-4,11H2,(H2,10,12). The zero-order valence-electron chi connectivity index (χ0n) is 7.79. The molecule has 0 saturated carbocycles. The molecule has 0 atom stereocenters. The summed E-state index contributed by atoms with van der Waals surface area (Å²) in [5, 5.41) is 12.3. The topological polar surface area (TPSA) is 84.6 Å². The van der Waals surface area contributed by atoms with Gasteiger partial charge in [0.25, 0.3) is 0 Å². The number of hydrogen-bond acceptors (Lipinski definition) is 4. The van der Waals surface area contributed by atoms with Gasteiger partial charge >= 0.3 is 0 Å². The van der Waals surface area contributed by atoms with Crippen LogP contribution in [0, 0.1) is 0 Å². The summed E-state index contributed by atoms with van der Waals surface area (Å²) < 4.78 is 0. The maximum absolute atomic E-state index is 8.64. The lowest BCUT2D eigenvalue weighted by Gasteiger charge is -2.11. The van der Waals surface area contributed by atoms with Crippen molar-refractivity contribution in [1.82, 2.24) is 0 Å². The smallest absolute Gasteiger partial charge is 0.173 e. The summed E-state index contributed by atoms with van der Waals surface area (Å²) in [6.07, 6.45) is 4.44. The highest BCUT2D eigenvalue weighted by molar-refractivity contribution is 7.16. The molecule has 0 aliphatic heterocycles. The predicted molar refractivity (Wildman–Crippen MR) is 57.9 cm³/mol. The van der Waals surface area contributed by atoms with Gasteiger partial charge < -0.3 is 16.7 Å². The van der Waals surface area contributed by atoms with Gasteiger partial charge in [0.15, 0.2) is 5.84 Å². The zero-order chi connectivity index (χ0) is 10.1. The summed E-state index contributed by atoms with van der Waals surface area (Å²) in [7, 11) is 0. The van der Waals surface area contributed by atoms with E-state index in [9.17, 15) is 0 Å². The average molecular weight is 211 g/mol. The van der Waals surface area contributed by atoms with Crippen molar-refractivity contribution in [2.75, 3.05) is 5.73 Å². The third-order valence-electron chi connectivity index (χ3n) is 2.56. The van der Waals surface area contributed by atoms with Crippen LogP contribution >= 0.6 is 11.3 Å². The molecule has 5 heteroatoms. The van der Waals surface area contributed by atoms with Gasteiger partial charge in [-0.25, -0.2) is 0 Å². The number of rotatable bonds is 1. The van der Waals surface area contributed by atoms with Gasteiger partial charge in [-0.3, -0.25) is 0 Å². The van der Waals surface area contributed by atoms with Crippen molar-refractivity contribution in [1.29, 1.82) is 0 Å². The molecule has 0 bridgehead atoms. The number of anilines is 1. The number of nitrogen functional groups attached to an aromatic ring is 1. The second kappa shape index (κ2) is 3.49. The van der Waals surface area contributed by atoms with Gasteiger partial charge in [0.1, 0.15) is 0 Å². The molecule has 0 fully saturated rings. The first kappa shape index (κ1) is 9.33. The van der Waals surface area contributed by atoms with E-state index in [0.717, 1.165) is 24.8 Å². The van der Waals surface area contributed by atoms with Crippen LogP contribution in [0.3, 0.4) is 0 Å². The first-order valence-corrected chi connectivity index (χ1v) is 5.43. The predicted octanol–water partition coefficient (Wildman–Crippen LogP) is 1.30. The summed E-state index contributed by atoms with van der Waals surface area (Å²) in [4.78, 5) is 1.30. The minimum atomic E-state index is 0.141. The molecule has 4 nitrogen and oxygen atoms in total. The molecule has 76 valence electrons. The molecular weight excluding hydrogens is 198 g/mol. The largest absolute Gasteiger partial charge is 0.409 e. The zero-order valence-corrected chi connectivity index (χ0v) is 8.60. The van der Waals surface area contributed by atoms with E-state index in [0.29, 0.717) is 5.00 Å². The molecule has 14 heavy (non-hydrogen) atoms. The van der Waals surface area contributed by atoms with Crippen LogP contribution in [0.1, 0.15) is 28.8 Å². The lowest BCUT2D eigenvalue weighted by Crippen LogP contribution is -2.17. The third-order valence-corrected chi connectivity index (χ3v) is 3.68. The molecule has 1 aromatic heterocycles. The molecule has 1 heterocycles. The molecule has 0 spiro atoms. The van der Waals surface area contributed by atoms with Crippen LogP contribution in [0.2, 0.25) is 0 Å². The molecule has 0 radical (unpaired) electrons. The molecule has 1 aliphatic carbocycles. The average Bonchev–Trinajstić information content (AvgIpc) is 2.53. The Balaban J connectivity index is 2.53. The highest BCUT2D eigenvalue weighted by Crippen LogP contribution is 2.35. The van der Waals surface area contributed by atoms with E-state index in [2.05, 4.69) is 5.16 Å². The van der Waals surface area contributed by atoms with E-state index in [4.69, 9.17) is 16.7 Å². The molecule has 1 aliphatic rings. The van der Waals surface area contributed by atoms with E-state index in [1.165, 1.54) is 16.9 Å². The molecule has 0 aromatic carbocycles. The fraction of sp³-hybridized carbons (Fsp3) is 0.444. The number of hydrogen-bond donors (Lipinski definition) is 3. The van der Waals surface area contributed by atoms with Crippen molar-refractivity contribution in [2.24, 2.45) is 10.9 Å². The number of nitrogens with two attached hydrogens (primary N) is 2. The second-order valence-electron chi connectivity index (χ2n) is 3.44. The Kier molecular flexibility index (Phi) is 2.33. The van der Waals surface area contributed by atoms with Crippen LogP contribution in [-0.4, -0.2) is 11.0 Å². The number of oxime groups is 1. The summed E-state index contributed by atoms with van der Waals surface area (Å²) in [5.74, 6) is 0.141. The molecule has 1 aromatic rings. The SMILES string of the molecule is NC(=NO)c1c(N)sc2c1CCCC2. The van der Waals surface area contributed by atoms with Crippen molar-refractivity contribution in [3.8, 4) is 0 Å². The van der Waals surface area contributed by atoms with Gasteiger partial charge in [-0.1, -0.05) is 5.16 Å². The van der Waals surface area contributed by atoms with Crippen LogP contribution in [0.5, 0.6) is 0 Å². The Morgan fingerprint density at radius 3 is 2.79 bits per heavy atom. The van der Waals surface area contributed by atoms with Crippen LogP contribution in [0.4, 0.5) is 5.00 Å². The number of thiophene rings is 1. The first-order chi connectivity index (χ1) is 6.74. The Bertz CT molecular complexity index is 384. The van der Waals surface area contributed by atoms with E-state index < -0.39 is 0 Å². The van der Waals surface area contributed by atoms with Gasteiger partial charge in [-0.15, -0.1) is 11.3 Å². The van der Waals surface area contributed by atoms with E-state index in [1.807, 2.05) is 0 Å². The molecule has 2 rings (SSSR count). The number of nitrogens with zero attached hydrogens (tertiary/aromatic N) is 1. The third kappa shape index (κ3) is 1.33. The van der Waals surface area contributed by atoms with Gasteiger partial charge in [0, 0.05) is 4.88 Å². The summed E-state index contributed by atoms with van der Waals surface area (Å²) in [6.45, 7) is 0. The fourth-order valence-electron chi connectivity index (χ4n) is 1.92. The second-order valence-corrected chi connectivity index (χ2v) is 4.57. The maximum atomic E-state index is 8.64. The fourth-order valence-corrected chi connectivity index (χ4v) is 3.09. The number of amidine groups is 1. The number of aryl methyl sites for hydroxylation is 1. The first-order valence-electron chi connectivity index (χ1n) is 4.62. The molecule has 0 amide bonds. The van der Waals surface area contributed by atoms with Crippen LogP contribution in [0.15, 0.2) is 5.16 Å². The van der Waals surface area contributed by atoms with Crippen LogP contribution in [0.25, 0.3) is 0 Å². The van der Waals surface area contributed by atoms with E-state index >= 15 is 0 Å². The van der Waals surface area contributed by atoms with Gasteiger partial charge in [0.2, 0.25) is 0 Å². The highest BCUT2D eigenvalue weighted by Gasteiger charge is 2.21. The van der Waals surface area contributed by atoms with Crippen molar-refractivity contribution < 1.29 is 5.21 Å². The van der Waals surface area contributed by atoms with Crippen LogP contribution in [-0.2, 0) is 12.8 Å². The van der Waals surface area contributed by atoms with Gasteiger partial charge in [0.05, 0.1) is 10.6 Å². The van der Waals surface area contributed by atoms with Crippen molar-refractivity contribution >= 4 is 22.2 Å². The van der Waals surface area contributed by atoms with E-state index in [1.54, 1.807) is 11.3 Å². The monoisotopic (exact) mass is 211 g/mol. The Labute approximate surface area is 86.2 Å². The lowest BCUT2D eigenvalue weighted by atomic mass is 9.95. The quantitative estimate of drug-likeness (QED) is 0.283. The van der Waals surface area contributed by atoms with Crippen LogP contribution < -0.4 is 11.5 Å². The molecular formula is C9H13N3OS. The maximum Gasteiger partial charge on any atom is 0.173 e. The minimum absolute atomic E-state index is 0.141. The van der Waals surface area contributed by atoms with Crippen molar-refractivity contribution in [2.45, 2.75) is 25.7 Å². The normalized spacial score (nSPS) is 16.7.